The standard InChI is InChI=1S/C26H33N7O7/c1-14(35)30-18(10-16-6-8-17(38-5)9-7-16)25(37)31-20-19(11-34)40-26(22(20)39-15(2)36)33-13-29-21-23(32(3)4)27-12-28-24(21)33/h6-9,12-13,18-20,22,26,34H,10-11H2,1-5H3,(H,30,35)(H,31,37). The molecule has 1 aliphatic rings. The van der Waals surface area contributed by atoms with E-state index in [9.17, 15) is 19.5 Å². The maximum atomic E-state index is 13.5. The van der Waals surface area contributed by atoms with Crippen molar-refractivity contribution in [1.29, 1.82) is 0 Å². The molecule has 3 heterocycles. The number of anilines is 1. The van der Waals surface area contributed by atoms with Gasteiger partial charge < -0.3 is 34.9 Å². The summed E-state index contributed by atoms with van der Waals surface area (Å²) in [7, 11) is 5.19. The Morgan fingerprint density at radius 2 is 1.88 bits per heavy atom. The van der Waals surface area contributed by atoms with Crippen molar-refractivity contribution >= 4 is 34.8 Å². The van der Waals surface area contributed by atoms with Gasteiger partial charge in [0, 0.05) is 34.4 Å². The van der Waals surface area contributed by atoms with Gasteiger partial charge in [-0.3, -0.25) is 19.0 Å². The van der Waals surface area contributed by atoms with Crippen molar-refractivity contribution in [1.82, 2.24) is 30.2 Å². The van der Waals surface area contributed by atoms with Crippen molar-refractivity contribution in [2.75, 3.05) is 32.7 Å². The first kappa shape index (κ1) is 28.7. The minimum atomic E-state index is -1.05. The molecule has 0 spiro atoms. The number of amides is 2. The number of methoxy groups -OCH3 is 1. The van der Waals surface area contributed by atoms with Crippen molar-refractivity contribution in [3.8, 4) is 5.75 Å². The van der Waals surface area contributed by atoms with Crippen LogP contribution in [0.15, 0.2) is 36.9 Å². The average Bonchev–Trinajstić information content (AvgIpc) is 3.49. The lowest BCUT2D eigenvalue weighted by Gasteiger charge is -2.27. The van der Waals surface area contributed by atoms with Crippen LogP contribution in [0.3, 0.4) is 0 Å². The van der Waals surface area contributed by atoms with Crippen LogP contribution in [0.2, 0.25) is 0 Å². The first-order chi connectivity index (χ1) is 19.1. The molecule has 0 saturated carbocycles. The molecular formula is C26H33N7O7. The van der Waals surface area contributed by atoms with Crippen LogP contribution >= 0.6 is 0 Å². The number of aromatic nitrogens is 4. The Hall–Kier alpha value is -4.30. The van der Waals surface area contributed by atoms with Gasteiger partial charge in [-0.05, 0) is 17.7 Å². The molecule has 4 rings (SSSR count). The molecule has 1 fully saturated rings. The Balaban J connectivity index is 1.63. The molecular weight excluding hydrogens is 522 g/mol. The van der Waals surface area contributed by atoms with Gasteiger partial charge in [-0.1, -0.05) is 12.1 Å². The number of nitrogens with one attached hydrogen (secondary N) is 2. The number of imidazole rings is 1. The van der Waals surface area contributed by atoms with Crippen LogP contribution < -0.4 is 20.3 Å². The van der Waals surface area contributed by atoms with Crippen LogP contribution in [0.4, 0.5) is 5.82 Å². The molecule has 3 aromatic rings. The Kier molecular flexibility index (Phi) is 8.80. The second-order valence-electron chi connectivity index (χ2n) is 9.58. The molecule has 1 aromatic carbocycles. The lowest BCUT2D eigenvalue weighted by Crippen LogP contribution is -2.56. The van der Waals surface area contributed by atoms with E-state index in [1.165, 1.54) is 26.5 Å². The highest BCUT2D eigenvalue weighted by Crippen LogP contribution is 2.34. The molecule has 14 heteroatoms. The summed E-state index contributed by atoms with van der Waals surface area (Å²) in [6.07, 6.45) is 0.0894. The van der Waals surface area contributed by atoms with E-state index >= 15 is 0 Å². The molecule has 5 unspecified atom stereocenters. The highest BCUT2D eigenvalue weighted by molar-refractivity contribution is 5.87. The van der Waals surface area contributed by atoms with Gasteiger partial charge in [-0.2, -0.15) is 0 Å². The summed E-state index contributed by atoms with van der Waals surface area (Å²) >= 11 is 0. The van der Waals surface area contributed by atoms with Crippen LogP contribution in [-0.4, -0.2) is 94.5 Å². The number of esters is 1. The first-order valence-corrected chi connectivity index (χ1v) is 12.6. The Bertz CT molecular complexity index is 1360. The average molecular weight is 556 g/mol. The van der Waals surface area contributed by atoms with Gasteiger partial charge in [0.05, 0.1) is 26.1 Å². The summed E-state index contributed by atoms with van der Waals surface area (Å²) in [4.78, 5) is 52.4. The zero-order chi connectivity index (χ0) is 29.0. The molecule has 0 bridgehead atoms. The molecule has 0 radical (unpaired) electrons. The number of ether oxygens (including phenoxy) is 3. The lowest BCUT2D eigenvalue weighted by atomic mass is 10.0. The molecule has 40 heavy (non-hydrogen) atoms. The Morgan fingerprint density at radius 1 is 1.15 bits per heavy atom. The molecule has 1 aliphatic heterocycles. The normalized spacial score (nSPS) is 21.1. The van der Waals surface area contributed by atoms with Gasteiger partial charge in [0.1, 0.15) is 24.2 Å². The van der Waals surface area contributed by atoms with Crippen molar-refractivity contribution in [3.05, 3.63) is 42.5 Å². The molecule has 0 aliphatic carbocycles. The van der Waals surface area contributed by atoms with Crippen molar-refractivity contribution in [2.24, 2.45) is 0 Å². The Morgan fingerprint density at radius 3 is 2.48 bits per heavy atom. The van der Waals surface area contributed by atoms with E-state index in [0.29, 0.717) is 22.7 Å². The summed E-state index contributed by atoms with van der Waals surface area (Å²) in [5.41, 5.74) is 1.70. The number of benzene rings is 1. The fraction of sp³-hybridized carbons (Fsp3) is 0.462. The second kappa shape index (κ2) is 12.3. The van der Waals surface area contributed by atoms with Crippen LogP contribution in [0, 0.1) is 0 Å². The Labute approximate surface area is 230 Å². The van der Waals surface area contributed by atoms with E-state index in [1.54, 1.807) is 40.8 Å². The molecule has 1 saturated heterocycles. The monoisotopic (exact) mass is 555 g/mol. The maximum Gasteiger partial charge on any atom is 0.303 e. The van der Waals surface area contributed by atoms with Gasteiger partial charge in [-0.15, -0.1) is 0 Å². The van der Waals surface area contributed by atoms with E-state index in [2.05, 4.69) is 25.6 Å². The van der Waals surface area contributed by atoms with E-state index < -0.39 is 54.9 Å². The predicted octanol–water partition coefficient (Wildman–Crippen LogP) is -0.0455. The summed E-state index contributed by atoms with van der Waals surface area (Å²) < 4.78 is 18.5. The number of nitrogens with zero attached hydrogens (tertiary/aromatic N) is 5. The highest BCUT2D eigenvalue weighted by Gasteiger charge is 2.49. The SMILES string of the molecule is COc1ccc(CC(NC(C)=O)C(=O)NC2C(CO)OC(n3cnc4c(N(C)C)ncnc43)C2OC(C)=O)cc1. The zero-order valence-electron chi connectivity index (χ0n) is 22.9. The molecule has 5 atom stereocenters. The summed E-state index contributed by atoms with van der Waals surface area (Å²) in [5.74, 6) is -0.315. The van der Waals surface area contributed by atoms with Gasteiger partial charge in [-0.25, -0.2) is 15.0 Å². The second-order valence-corrected chi connectivity index (χ2v) is 9.58. The first-order valence-electron chi connectivity index (χ1n) is 12.6. The number of hydrogen-bond acceptors (Lipinski definition) is 11. The number of fused-ring (bicyclic) bond motifs is 1. The number of rotatable bonds is 10. The largest absolute Gasteiger partial charge is 0.497 e. The van der Waals surface area contributed by atoms with Crippen LogP contribution in [0.25, 0.3) is 11.2 Å². The van der Waals surface area contributed by atoms with E-state index in [4.69, 9.17) is 14.2 Å². The van der Waals surface area contributed by atoms with Gasteiger partial charge in [0.15, 0.2) is 29.3 Å². The topological polar surface area (TPSA) is 170 Å². The number of aliphatic hydroxyl groups excluding tert-OH is 1. The van der Waals surface area contributed by atoms with Crippen LogP contribution in [0.1, 0.15) is 25.6 Å². The van der Waals surface area contributed by atoms with E-state index in [0.717, 1.165) is 5.56 Å². The van der Waals surface area contributed by atoms with Crippen molar-refractivity contribution < 1.29 is 33.7 Å². The summed E-state index contributed by atoms with van der Waals surface area (Å²) in [6.45, 7) is 2.08. The zero-order valence-corrected chi connectivity index (χ0v) is 22.9. The smallest absolute Gasteiger partial charge is 0.303 e. The number of aliphatic hydroxyl groups is 1. The fourth-order valence-corrected chi connectivity index (χ4v) is 4.68. The molecule has 3 N–H and O–H groups in total. The fourth-order valence-electron chi connectivity index (χ4n) is 4.68. The van der Waals surface area contributed by atoms with Crippen LogP contribution in [-0.2, 0) is 30.3 Å². The highest BCUT2D eigenvalue weighted by atomic mass is 16.6. The van der Waals surface area contributed by atoms with E-state index in [1.807, 2.05) is 14.1 Å². The third-order valence-electron chi connectivity index (χ3n) is 6.47. The molecule has 2 amide bonds. The maximum absolute atomic E-state index is 13.5. The quantitative estimate of drug-likeness (QED) is 0.287. The molecule has 14 nitrogen and oxygen atoms in total. The molecule has 214 valence electrons. The summed E-state index contributed by atoms with van der Waals surface area (Å²) in [5, 5.41) is 15.7. The van der Waals surface area contributed by atoms with Gasteiger partial charge in [0.2, 0.25) is 11.8 Å². The van der Waals surface area contributed by atoms with Gasteiger partial charge in [0.25, 0.3) is 0 Å². The van der Waals surface area contributed by atoms with Gasteiger partial charge >= 0.3 is 5.97 Å². The number of carbonyl (C=O) groups is 3. The summed E-state index contributed by atoms with van der Waals surface area (Å²) in [6, 6.07) is 5.20. The molecule has 2 aromatic heterocycles. The minimum Gasteiger partial charge on any atom is -0.497 e. The lowest BCUT2D eigenvalue weighted by molar-refractivity contribution is -0.153. The van der Waals surface area contributed by atoms with Crippen molar-refractivity contribution in [2.45, 2.75) is 50.8 Å². The van der Waals surface area contributed by atoms with E-state index in [-0.39, 0.29) is 6.42 Å². The predicted molar refractivity (Wildman–Crippen MR) is 142 cm³/mol. The van der Waals surface area contributed by atoms with Crippen LogP contribution in [0.5, 0.6) is 5.75 Å². The number of carbonyl (C=O) groups excluding carboxylic acids is 3. The van der Waals surface area contributed by atoms with Crippen molar-refractivity contribution in [3.63, 3.8) is 0 Å². The third kappa shape index (κ3) is 6.13. The third-order valence-corrected chi connectivity index (χ3v) is 6.47. The number of hydrogen-bond donors (Lipinski definition) is 3. The minimum absolute atomic E-state index is 0.185.